The molecule has 0 atom stereocenters. The van der Waals surface area contributed by atoms with Gasteiger partial charge in [-0.05, 0) is 38.0 Å². The summed E-state index contributed by atoms with van der Waals surface area (Å²) >= 11 is 1.36. The molecular weight excluding hydrogens is 394 g/mol. The maximum atomic E-state index is 11.5. The Morgan fingerprint density at radius 1 is 1.21 bits per heavy atom. The summed E-state index contributed by atoms with van der Waals surface area (Å²) in [5, 5.41) is 6.54. The highest BCUT2D eigenvalue weighted by Crippen LogP contribution is 2.16. The maximum Gasteiger partial charge on any atom is 0.311 e. The summed E-state index contributed by atoms with van der Waals surface area (Å²) < 4.78 is 15.4. The van der Waals surface area contributed by atoms with Crippen LogP contribution in [-0.4, -0.2) is 43.0 Å². The number of nitrogens with one attached hydrogen (secondary N) is 1. The van der Waals surface area contributed by atoms with Gasteiger partial charge in [0.05, 0.1) is 38.1 Å². The van der Waals surface area contributed by atoms with Crippen LogP contribution < -0.4 is 10.2 Å². The number of carbonyl (C=O) groups excluding carboxylic acids is 2. The Balaban J connectivity index is 1.78. The summed E-state index contributed by atoms with van der Waals surface area (Å²) in [4.78, 5) is 27.1. The number of aromatic nitrogens is 1. The first-order valence-electron chi connectivity index (χ1n) is 9.38. The Hall–Kier alpha value is -2.94. The van der Waals surface area contributed by atoms with Gasteiger partial charge < -0.3 is 14.2 Å². The van der Waals surface area contributed by atoms with Gasteiger partial charge in [-0.3, -0.25) is 15.0 Å². The predicted molar refractivity (Wildman–Crippen MR) is 111 cm³/mol. The lowest BCUT2D eigenvalue weighted by molar-refractivity contribution is -0.143. The number of benzene rings is 1. The largest absolute Gasteiger partial charge is 0.494 e. The summed E-state index contributed by atoms with van der Waals surface area (Å²) in [6.07, 6.45) is 2.73. The minimum absolute atomic E-state index is 0.144. The van der Waals surface area contributed by atoms with Crippen LogP contribution in [0.2, 0.25) is 0 Å². The van der Waals surface area contributed by atoms with Crippen molar-refractivity contribution in [2.24, 2.45) is 5.10 Å². The van der Waals surface area contributed by atoms with Crippen molar-refractivity contribution in [3.8, 4) is 5.75 Å². The molecule has 1 heterocycles. The standard InChI is InChI=1S/C20H25N3O5S/c1-3-26-18(24)9-6-10-28-17-8-5-7-15(11-17)13-21-23-20-22-16(14-29-20)12-19(25)27-4-2/h5,7-8,11,13-14H,3-4,6,9-10,12H2,1-2H3,(H,22,23). The first-order valence-corrected chi connectivity index (χ1v) is 10.3. The van der Waals surface area contributed by atoms with Gasteiger partial charge in [-0.1, -0.05) is 12.1 Å². The minimum atomic E-state index is -0.299. The number of ether oxygens (including phenoxy) is 3. The Bertz CT molecular complexity index is 822. The van der Waals surface area contributed by atoms with E-state index in [9.17, 15) is 9.59 Å². The van der Waals surface area contributed by atoms with Crippen molar-refractivity contribution in [2.45, 2.75) is 33.1 Å². The number of nitrogens with zero attached hydrogens (tertiary/aromatic N) is 2. The molecule has 0 spiro atoms. The zero-order chi connectivity index (χ0) is 20.9. The second-order valence-corrected chi connectivity index (χ2v) is 6.68. The molecule has 1 N–H and O–H groups in total. The van der Waals surface area contributed by atoms with Crippen LogP contribution in [0, 0.1) is 0 Å². The molecule has 8 nitrogen and oxygen atoms in total. The van der Waals surface area contributed by atoms with E-state index >= 15 is 0 Å². The van der Waals surface area contributed by atoms with E-state index in [0.29, 0.717) is 49.2 Å². The molecule has 0 radical (unpaired) electrons. The molecule has 0 aliphatic rings. The summed E-state index contributed by atoms with van der Waals surface area (Å²) in [6, 6.07) is 7.45. The van der Waals surface area contributed by atoms with Crippen LogP contribution in [0.4, 0.5) is 5.13 Å². The molecule has 0 saturated carbocycles. The van der Waals surface area contributed by atoms with E-state index in [2.05, 4.69) is 15.5 Å². The van der Waals surface area contributed by atoms with E-state index < -0.39 is 0 Å². The minimum Gasteiger partial charge on any atom is -0.494 e. The Morgan fingerprint density at radius 3 is 2.79 bits per heavy atom. The summed E-state index contributed by atoms with van der Waals surface area (Å²) in [5.74, 6) is 0.186. The number of hydrogen-bond acceptors (Lipinski definition) is 9. The fraction of sp³-hybridized carbons (Fsp3) is 0.400. The molecular formula is C20H25N3O5S. The molecule has 1 aromatic heterocycles. The van der Waals surface area contributed by atoms with Gasteiger partial charge in [-0.2, -0.15) is 5.10 Å². The van der Waals surface area contributed by atoms with E-state index in [4.69, 9.17) is 14.2 Å². The number of rotatable bonds is 12. The lowest BCUT2D eigenvalue weighted by atomic mass is 10.2. The van der Waals surface area contributed by atoms with Gasteiger partial charge in [0.15, 0.2) is 0 Å². The average Bonchev–Trinajstić information content (AvgIpc) is 3.13. The molecule has 0 unspecified atom stereocenters. The van der Waals surface area contributed by atoms with Gasteiger partial charge in [0.25, 0.3) is 0 Å². The lowest BCUT2D eigenvalue weighted by Gasteiger charge is -2.06. The van der Waals surface area contributed by atoms with Crippen LogP contribution in [0.25, 0.3) is 0 Å². The van der Waals surface area contributed by atoms with Crippen LogP contribution in [0.1, 0.15) is 37.9 Å². The summed E-state index contributed by atoms with van der Waals surface area (Å²) in [6.45, 7) is 4.73. The van der Waals surface area contributed by atoms with Crippen molar-refractivity contribution < 1.29 is 23.8 Å². The van der Waals surface area contributed by atoms with E-state index in [1.54, 1.807) is 25.4 Å². The number of carbonyl (C=O) groups is 2. The highest BCUT2D eigenvalue weighted by Gasteiger charge is 2.08. The van der Waals surface area contributed by atoms with Crippen molar-refractivity contribution in [1.29, 1.82) is 0 Å². The summed E-state index contributed by atoms with van der Waals surface area (Å²) in [5.41, 5.74) is 4.34. The van der Waals surface area contributed by atoms with Gasteiger partial charge in [0, 0.05) is 11.8 Å². The third-order valence-electron chi connectivity index (χ3n) is 3.51. The highest BCUT2D eigenvalue weighted by molar-refractivity contribution is 7.13. The number of anilines is 1. The van der Waals surface area contributed by atoms with Crippen LogP contribution >= 0.6 is 11.3 Å². The van der Waals surface area contributed by atoms with Crippen molar-refractivity contribution in [2.75, 3.05) is 25.2 Å². The maximum absolute atomic E-state index is 11.5. The SMILES string of the molecule is CCOC(=O)CCCOc1cccc(C=NNc2nc(CC(=O)OCC)cs2)c1. The fourth-order valence-corrected chi connectivity index (χ4v) is 2.94. The normalized spacial score (nSPS) is 10.7. The number of hydrazone groups is 1. The third kappa shape index (κ3) is 8.73. The Morgan fingerprint density at radius 2 is 2.00 bits per heavy atom. The lowest BCUT2D eigenvalue weighted by Crippen LogP contribution is -2.07. The van der Waals surface area contributed by atoms with Gasteiger partial charge in [0.1, 0.15) is 5.75 Å². The van der Waals surface area contributed by atoms with E-state index in [0.717, 1.165) is 5.56 Å². The van der Waals surface area contributed by atoms with E-state index in [-0.39, 0.29) is 18.4 Å². The average molecular weight is 420 g/mol. The molecule has 29 heavy (non-hydrogen) atoms. The molecule has 156 valence electrons. The van der Waals surface area contributed by atoms with Gasteiger partial charge >= 0.3 is 11.9 Å². The fourth-order valence-electron chi connectivity index (χ4n) is 2.29. The van der Waals surface area contributed by atoms with Crippen LogP contribution in [0.3, 0.4) is 0 Å². The van der Waals surface area contributed by atoms with Crippen molar-refractivity contribution >= 4 is 34.6 Å². The highest BCUT2D eigenvalue weighted by atomic mass is 32.1. The van der Waals surface area contributed by atoms with Gasteiger partial charge in [-0.25, -0.2) is 4.98 Å². The molecule has 0 aliphatic carbocycles. The molecule has 0 fully saturated rings. The molecule has 2 rings (SSSR count). The zero-order valence-electron chi connectivity index (χ0n) is 16.6. The molecule has 0 bridgehead atoms. The first-order chi connectivity index (χ1) is 14.1. The molecule has 9 heteroatoms. The van der Waals surface area contributed by atoms with Crippen LogP contribution in [0.15, 0.2) is 34.7 Å². The second kappa shape index (κ2) is 12.5. The number of thiazole rings is 1. The number of esters is 2. The van der Waals surface area contributed by atoms with Crippen molar-refractivity contribution in [1.82, 2.24) is 4.98 Å². The van der Waals surface area contributed by atoms with Gasteiger partial charge in [0.2, 0.25) is 5.13 Å². The quantitative estimate of drug-likeness (QED) is 0.244. The Kier molecular flexibility index (Phi) is 9.64. The molecule has 1 aromatic carbocycles. The van der Waals surface area contributed by atoms with E-state index in [1.807, 2.05) is 24.3 Å². The van der Waals surface area contributed by atoms with E-state index in [1.165, 1.54) is 11.3 Å². The molecule has 2 aromatic rings. The predicted octanol–water partition coefficient (Wildman–Crippen LogP) is 3.42. The number of hydrogen-bond donors (Lipinski definition) is 1. The van der Waals surface area contributed by atoms with Crippen LogP contribution in [-0.2, 0) is 25.5 Å². The second-order valence-electron chi connectivity index (χ2n) is 5.83. The van der Waals surface area contributed by atoms with Crippen LogP contribution in [0.5, 0.6) is 5.75 Å². The topological polar surface area (TPSA) is 99.1 Å². The zero-order valence-corrected chi connectivity index (χ0v) is 17.4. The smallest absolute Gasteiger partial charge is 0.311 e. The Labute approximate surface area is 173 Å². The van der Waals surface area contributed by atoms with Crippen molar-refractivity contribution in [3.63, 3.8) is 0 Å². The monoisotopic (exact) mass is 419 g/mol. The summed E-state index contributed by atoms with van der Waals surface area (Å²) in [7, 11) is 0. The molecule has 0 aliphatic heterocycles. The molecule has 0 amide bonds. The van der Waals surface area contributed by atoms with Gasteiger partial charge in [-0.15, -0.1) is 11.3 Å². The van der Waals surface area contributed by atoms with Crippen molar-refractivity contribution in [3.05, 3.63) is 40.9 Å². The third-order valence-corrected chi connectivity index (χ3v) is 4.31. The first kappa shape index (κ1) is 22.4. The molecule has 0 saturated heterocycles.